The van der Waals surface area contributed by atoms with Crippen molar-refractivity contribution in [3.05, 3.63) is 29.8 Å². The predicted molar refractivity (Wildman–Crippen MR) is 128 cm³/mol. The van der Waals surface area contributed by atoms with Gasteiger partial charge in [0.05, 0.1) is 13.3 Å². The van der Waals surface area contributed by atoms with Gasteiger partial charge in [0.25, 0.3) is 0 Å². The van der Waals surface area contributed by atoms with Crippen molar-refractivity contribution < 1.29 is 9.53 Å². The first-order valence-corrected chi connectivity index (χ1v) is 12.2. The van der Waals surface area contributed by atoms with Crippen LogP contribution in [-0.4, -0.2) is 19.2 Å². The Hall–Kier alpha value is -1.84. The van der Waals surface area contributed by atoms with Crippen LogP contribution in [0.15, 0.2) is 29.4 Å². The Morgan fingerprint density at radius 2 is 1.27 bits per heavy atom. The number of amides is 1. The van der Waals surface area contributed by atoms with Crippen molar-refractivity contribution in [1.29, 1.82) is 0 Å². The summed E-state index contributed by atoms with van der Waals surface area (Å²) >= 11 is 0. The number of carbonyl (C=O) groups excluding carboxylic acids is 1. The number of unbranched alkanes of at least 4 members (excludes halogenated alkanes) is 14. The number of nitrogens with zero attached hydrogens (tertiary/aromatic N) is 1. The van der Waals surface area contributed by atoms with E-state index in [4.69, 9.17) is 4.74 Å². The Balaban J connectivity index is 1.86. The van der Waals surface area contributed by atoms with E-state index in [0.29, 0.717) is 6.42 Å². The molecule has 1 amide bonds. The minimum Gasteiger partial charge on any atom is -0.497 e. The van der Waals surface area contributed by atoms with Crippen molar-refractivity contribution in [2.45, 2.75) is 110 Å². The predicted octanol–water partition coefficient (Wildman–Crippen LogP) is 7.41. The highest BCUT2D eigenvalue weighted by atomic mass is 16.5. The van der Waals surface area contributed by atoms with Gasteiger partial charge in [-0.1, -0.05) is 96.8 Å². The third kappa shape index (κ3) is 15.1. The van der Waals surface area contributed by atoms with Crippen molar-refractivity contribution in [3.8, 4) is 5.75 Å². The quantitative estimate of drug-likeness (QED) is 0.145. The van der Waals surface area contributed by atoms with Gasteiger partial charge in [-0.15, -0.1) is 0 Å². The summed E-state index contributed by atoms with van der Waals surface area (Å²) in [5, 5.41) is 4.02. The van der Waals surface area contributed by atoms with Crippen LogP contribution >= 0.6 is 0 Å². The van der Waals surface area contributed by atoms with Crippen molar-refractivity contribution >= 4 is 12.1 Å². The van der Waals surface area contributed by atoms with Crippen molar-refractivity contribution in [3.63, 3.8) is 0 Å². The van der Waals surface area contributed by atoms with Crippen LogP contribution in [0.5, 0.6) is 5.75 Å². The van der Waals surface area contributed by atoms with E-state index in [1.165, 1.54) is 83.5 Å². The highest BCUT2D eigenvalue weighted by Gasteiger charge is 2.00. The molecule has 0 unspecified atom stereocenters. The van der Waals surface area contributed by atoms with Gasteiger partial charge in [-0.05, 0) is 36.2 Å². The minimum absolute atomic E-state index is 0.00513. The summed E-state index contributed by atoms with van der Waals surface area (Å²) in [5.74, 6) is 0.804. The molecule has 4 nitrogen and oxygen atoms in total. The average Bonchev–Trinajstić information content (AvgIpc) is 2.77. The maximum Gasteiger partial charge on any atom is 0.240 e. The summed E-state index contributed by atoms with van der Waals surface area (Å²) in [5.41, 5.74) is 3.54. The van der Waals surface area contributed by atoms with E-state index >= 15 is 0 Å². The average molecular weight is 417 g/mol. The lowest BCUT2D eigenvalue weighted by molar-refractivity contribution is -0.121. The van der Waals surface area contributed by atoms with E-state index in [9.17, 15) is 4.79 Å². The van der Waals surface area contributed by atoms with Crippen LogP contribution in [0.4, 0.5) is 0 Å². The lowest BCUT2D eigenvalue weighted by Crippen LogP contribution is -2.16. The molecule has 0 fully saturated rings. The normalized spacial score (nSPS) is 11.1. The fourth-order valence-corrected chi connectivity index (χ4v) is 3.58. The van der Waals surface area contributed by atoms with Crippen molar-refractivity contribution in [2.75, 3.05) is 7.11 Å². The van der Waals surface area contributed by atoms with Crippen LogP contribution in [-0.2, 0) is 4.79 Å². The third-order valence-electron chi connectivity index (χ3n) is 5.53. The number of nitrogens with one attached hydrogen (secondary N) is 1. The number of hydrogen-bond acceptors (Lipinski definition) is 3. The Kier molecular flexibility index (Phi) is 16.7. The summed E-state index contributed by atoms with van der Waals surface area (Å²) < 4.78 is 5.12. The Morgan fingerprint density at radius 3 is 1.73 bits per heavy atom. The monoisotopic (exact) mass is 416 g/mol. The number of benzene rings is 1. The first kappa shape index (κ1) is 26.2. The fraction of sp³-hybridized carbons (Fsp3) is 0.692. The van der Waals surface area contributed by atoms with Gasteiger partial charge in [0.15, 0.2) is 0 Å². The first-order valence-electron chi connectivity index (χ1n) is 12.2. The number of rotatable bonds is 19. The zero-order chi connectivity index (χ0) is 21.7. The molecule has 1 rings (SSSR count). The molecule has 0 aliphatic carbocycles. The molecule has 0 aromatic heterocycles. The van der Waals surface area contributed by atoms with E-state index in [2.05, 4.69) is 17.5 Å². The van der Waals surface area contributed by atoms with Crippen LogP contribution in [0.1, 0.15) is 115 Å². The van der Waals surface area contributed by atoms with Gasteiger partial charge in [-0.2, -0.15) is 5.10 Å². The highest BCUT2D eigenvalue weighted by molar-refractivity contribution is 5.82. The van der Waals surface area contributed by atoms with Crippen LogP contribution in [0.25, 0.3) is 0 Å². The van der Waals surface area contributed by atoms with E-state index in [-0.39, 0.29) is 5.91 Å². The van der Waals surface area contributed by atoms with Crippen LogP contribution in [0.2, 0.25) is 0 Å². The molecule has 0 bridgehead atoms. The molecule has 1 aromatic carbocycles. The molecule has 0 heterocycles. The van der Waals surface area contributed by atoms with E-state index in [1.54, 1.807) is 13.3 Å². The van der Waals surface area contributed by atoms with Crippen LogP contribution in [0.3, 0.4) is 0 Å². The molecule has 30 heavy (non-hydrogen) atoms. The molecule has 0 radical (unpaired) electrons. The smallest absolute Gasteiger partial charge is 0.240 e. The maximum absolute atomic E-state index is 11.8. The highest BCUT2D eigenvalue weighted by Crippen LogP contribution is 2.14. The second-order valence-electron chi connectivity index (χ2n) is 8.27. The van der Waals surface area contributed by atoms with E-state index in [0.717, 1.165) is 24.2 Å². The number of carbonyl (C=O) groups is 1. The molecule has 1 aromatic rings. The topological polar surface area (TPSA) is 50.7 Å². The van der Waals surface area contributed by atoms with Gasteiger partial charge in [-0.25, -0.2) is 5.43 Å². The molecule has 0 saturated carbocycles. The molecular formula is C26H44N2O2. The largest absolute Gasteiger partial charge is 0.497 e. The van der Waals surface area contributed by atoms with Gasteiger partial charge >= 0.3 is 0 Å². The van der Waals surface area contributed by atoms with Crippen LogP contribution < -0.4 is 10.2 Å². The molecule has 0 aliphatic heterocycles. The number of hydrazone groups is 1. The molecular weight excluding hydrogens is 372 g/mol. The van der Waals surface area contributed by atoms with Gasteiger partial charge < -0.3 is 4.74 Å². The minimum atomic E-state index is -0.00513. The SMILES string of the molecule is CCCCCCCCCCCCCCCCCC(=O)N/N=C/c1ccc(OC)cc1. The number of methoxy groups -OCH3 is 1. The molecule has 0 spiro atoms. The lowest BCUT2D eigenvalue weighted by atomic mass is 10.0. The number of hydrogen-bond donors (Lipinski definition) is 1. The molecule has 4 heteroatoms. The molecule has 1 N–H and O–H groups in total. The maximum atomic E-state index is 11.8. The van der Waals surface area contributed by atoms with Crippen molar-refractivity contribution in [2.24, 2.45) is 5.10 Å². The first-order chi connectivity index (χ1) is 14.8. The summed E-state index contributed by atoms with van der Waals surface area (Å²) in [6.07, 6.45) is 22.2. The summed E-state index contributed by atoms with van der Waals surface area (Å²) in [6.45, 7) is 2.28. The Morgan fingerprint density at radius 1 is 0.800 bits per heavy atom. The zero-order valence-corrected chi connectivity index (χ0v) is 19.5. The van der Waals surface area contributed by atoms with Crippen molar-refractivity contribution in [1.82, 2.24) is 5.43 Å². The summed E-state index contributed by atoms with van der Waals surface area (Å²) in [6, 6.07) is 7.56. The summed E-state index contributed by atoms with van der Waals surface area (Å²) in [4.78, 5) is 11.8. The number of ether oxygens (including phenoxy) is 1. The van der Waals surface area contributed by atoms with Crippen LogP contribution in [0, 0.1) is 0 Å². The Bertz CT molecular complexity index is 555. The van der Waals surface area contributed by atoms with Gasteiger partial charge in [0.2, 0.25) is 5.91 Å². The Labute approximate surface area is 184 Å². The molecule has 0 saturated heterocycles. The molecule has 0 aliphatic rings. The molecule has 170 valence electrons. The van der Waals surface area contributed by atoms with Gasteiger partial charge in [0.1, 0.15) is 5.75 Å². The second kappa shape index (κ2) is 19.1. The lowest BCUT2D eigenvalue weighted by Gasteiger charge is -2.03. The molecule has 0 atom stereocenters. The third-order valence-corrected chi connectivity index (χ3v) is 5.53. The zero-order valence-electron chi connectivity index (χ0n) is 19.5. The standard InChI is InChI=1S/C26H44N2O2/c1-3-4-5-6-7-8-9-10-11-12-13-14-15-16-17-18-26(29)28-27-23-24-19-21-25(30-2)22-20-24/h19-23H,3-18H2,1-2H3,(H,28,29)/b27-23+. The summed E-state index contributed by atoms with van der Waals surface area (Å²) in [7, 11) is 1.64. The van der Waals surface area contributed by atoms with E-state index in [1.807, 2.05) is 24.3 Å². The van der Waals surface area contributed by atoms with Gasteiger partial charge in [0, 0.05) is 6.42 Å². The second-order valence-corrected chi connectivity index (χ2v) is 8.27. The van der Waals surface area contributed by atoms with E-state index < -0.39 is 0 Å². The fourth-order valence-electron chi connectivity index (χ4n) is 3.58. The van der Waals surface area contributed by atoms with Gasteiger partial charge in [-0.3, -0.25) is 4.79 Å².